The molecule has 1 N–H and O–H groups in total. The normalized spacial score (nSPS) is 22.3. The van der Waals surface area contributed by atoms with Gasteiger partial charge in [0.1, 0.15) is 0 Å². The van der Waals surface area contributed by atoms with Crippen LogP contribution in [0.4, 0.5) is 0 Å². The van der Waals surface area contributed by atoms with Crippen LogP contribution in [0.1, 0.15) is 24.8 Å². The van der Waals surface area contributed by atoms with Crippen LogP contribution in [-0.2, 0) is 16.1 Å². The Morgan fingerprint density at radius 1 is 1.26 bits per heavy atom. The second-order valence-electron chi connectivity index (χ2n) is 6.21. The summed E-state index contributed by atoms with van der Waals surface area (Å²) in [5.74, 6) is 0.278. The van der Waals surface area contributed by atoms with Crippen LogP contribution in [0, 0.1) is 5.92 Å². The first-order chi connectivity index (χ1) is 11.2. The lowest BCUT2D eigenvalue weighted by Gasteiger charge is -2.33. The van der Waals surface area contributed by atoms with Crippen LogP contribution in [0.3, 0.4) is 0 Å². The molecule has 1 aromatic rings. The third-order valence-corrected chi connectivity index (χ3v) is 5.56. The molecule has 0 bridgehead atoms. The van der Waals surface area contributed by atoms with Crippen LogP contribution in [0.15, 0.2) is 18.2 Å². The zero-order valence-corrected chi connectivity index (χ0v) is 14.6. The zero-order valence-electron chi connectivity index (χ0n) is 13.1. The van der Waals surface area contributed by atoms with Crippen LogP contribution >= 0.6 is 23.2 Å². The number of ether oxygens (including phenoxy) is 1. The number of hydrogen-bond donors (Lipinski definition) is 1. The molecule has 0 unspecified atom stereocenters. The summed E-state index contributed by atoms with van der Waals surface area (Å²) in [4.78, 5) is 15.0. The summed E-state index contributed by atoms with van der Waals surface area (Å²) in [5.41, 5.74) is 0.909. The number of carbonyl (C=O) groups is 1. The number of carbonyl (C=O) groups excluding carboxylic acids is 1. The Balaban J connectivity index is 1.80. The minimum Gasteiger partial charge on any atom is -0.381 e. The van der Waals surface area contributed by atoms with E-state index in [4.69, 9.17) is 27.9 Å². The third kappa shape index (κ3) is 4.00. The van der Waals surface area contributed by atoms with Crippen molar-refractivity contribution in [2.75, 3.05) is 26.3 Å². The lowest BCUT2D eigenvalue weighted by molar-refractivity contribution is -0.141. The maximum atomic E-state index is 13.1. The average molecular weight is 357 g/mol. The van der Waals surface area contributed by atoms with Crippen molar-refractivity contribution in [1.82, 2.24) is 10.2 Å². The first kappa shape index (κ1) is 17.0. The number of amides is 1. The predicted octanol–water partition coefficient (Wildman–Crippen LogP) is 3.11. The van der Waals surface area contributed by atoms with Gasteiger partial charge in [-0.15, -0.1) is 0 Å². The molecule has 0 spiro atoms. The molecule has 2 heterocycles. The van der Waals surface area contributed by atoms with Gasteiger partial charge in [0.25, 0.3) is 0 Å². The molecule has 2 fully saturated rings. The van der Waals surface area contributed by atoms with E-state index in [1.54, 1.807) is 6.07 Å². The number of benzene rings is 1. The molecule has 0 aliphatic carbocycles. The third-order valence-electron chi connectivity index (χ3n) is 4.70. The second-order valence-corrected chi connectivity index (χ2v) is 7.00. The highest BCUT2D eigenvalue weighted by molar-refractivity contribution is 6.42. The van der Waals surface area contributed by atoms with Gasteiger partial charge in [-0.25, -0.2) is 0 Å². The van der Waals surface area contributed by atoms with Gasteiger partial charge < -0.3 is 15.0 Å². The fourth-order valence-electron chi connectivity index (χ4n) is 3.33. The highest BCUT2D eigenvalue weighted by Gasteiger charge is 2.32. The van der Waals surface area contributed by atoms with Gasteiger partial charge in [-0.2, -0.15) is 0 Å². The molecule has 1 atom stereocenters. The van der Waals surface area contributed by atoms with Gasteiger partial charge in [0.15, 0.2) is 0 Å². The molecule has 0 radical (unpaired) electrons. The summed E-state index contributed by atoms with van der Waals surface area (Å²) in [6.07, 6.45) is 2.59. The van der Waals surface area contributed by atoms with E-state index in [1.165, 1.54) is 0 Å². The topological polar surface area (TPSA) is 41.6 Å². The Kier molecular flexibility index (Phi) is 5.81. The molecule has 2 aliphatic heterocycles. The fourth-order valence-corrected chi connectivity index (χ4v) is 3.71. The van der Waals surface area contributed by atoms with Crippen molar-refractivity contribution in [2.45, 2.75) is 31.8 Å². The lowest BCUT2D eigenvalue weighted by atomic mass is 9.97. The first-order valence-corrected chi connectivity index (χ1v) is 8.94. The summed E-state index contributed by atoms with van der Waals surface area (Å²) in [7, 11) is 0. The summed E-state index contributed by atoms with van der Waals surface area (Å²) in [6.45, 7) is 3.65. The number of hydrogen-bond acceptors (Lipinski definition) is 3. The van der Waals surface area contributed by atoms with Gasteiger partial charge in [0, 0.05) is 38.3 Å². The zero-order chi connectivity index (χ0) is 16.2. The van der Waals surface area contributed by atoms with Crippen molar-refractivity contribution >= 4 is 29.1 Å². The van der Waals surface area contributed by atoms with Gasteiger partial charge in [-0.1, -0.05) is 35.3 Å². The summed E-state index contributed by atoms with van der Waals surface area (Å²) >= 11 is 12.4. The number of halogens is 2. The predicted molar refractivity (Wildman–Crippen MR) is 91.8 cm³/mol. The van der Waals surface area contributed by atoms with Crippen LogP contribution in [0.5, 0.6) is 0 Å². The Morgan fingerprint density at radius 2 is 2.04 bits per heavy atom. The Hall–Kier alpha value is -0.810. The molecule has 4 nitrogen and oxygen atoms in total. The van der Waals surface area contributed by atoms with Gasteiger partial charge in [0.2, 0.25) is 5.91 Å². The van der Waals surface area contributed by atoms with E-state index in [1.807, 2.05) is 17.0 Å². The Labute approximate surface area is 147 Å². The molecular formula is C17H22Cl2N2O2. The van der Waals surface area contributed by atoms with E-state index in [0.29, 0.717) is 29.8 Å². The monoisotopic (exact) mass is 356 g/mol. The lowest BCUT2D eigenvalue weighted by Crippen LogP contribution is -2.45. The van der Waals surface area contributed by atoms with Gasteiger partial charge in [0.05, 0.1) is 10.0 Å². The number of nitrogens with zero attached hydrogens (tertiary/aromatic N) is 1. The largest absolute Gasteiger partial charge is 0.381 e. The van der Waals surface area contributed by atoms with Crippen LogP contribution in [-0.4, -0.2) is 43.2 Å². The highest BCUT2D eigenvalue weighted by atomic mass is 35.5. The summed E-state index contributed by atoms with van der Waals surface area (Å²) in [6, 6.07) is 5.82. The molecule has 2 aliphatic rings. The fraction of sp³-hybridized carbons (Fsp3) is 0.588. The second kappa shape index (κ2) is 7.84. The number of rotatable bonds is 4. The molecule has 1 amide bonds. The van der Waals surface area contributed by atoms with Crippen LogP contribution < -0.4 is 5.32 Å². The van der Waals surface area contributed by atoms with E-state index >= 15 is 0 Å². The Bertz CT molecular complexity index is 556. The van der Waals surface area contributed by atoms with Crippen molar-refractivity contribution in [3.05, 3.63) is 33.8 Å². The molecule has 2 saturated heterocycles. The van der Waals surface area contributed by atoms with Crippen molar-refractivity contribution in [3.8, 4) is 0 Å². The van der Waals surface area contributed by atoms with E-state index in [-0.39, 0.29) is 17.9 Å². The Morgan fingerprint density at radius 3 is 2.74 bits per heavy atom. The van der Waals surface area contributed by atoms with Crippen molar-refractivity contribution < 1.29 is 9.53 Å². The molecule has 0 saturated carbocycles. The van der Waals surface area contributed by atoms with Crippen molar-refractivity contribution in [1.29, 1.82) is 0 Å². The van der Waals surface area contributed by atoms with E-state index < -0.39 is 0 Å². The van der Waals surface area contributed by atoms with E-state index in [2.05, 4.69) is 5.32 Å². The van der Waals surface area contributed by atoms with E-state index in [9.17, 15) is 4.79 Å². The van der Waals surface area contributed by atoms with Crippen LogP contribution in [0.2, 0.25) is 10.0 Å². The van der Waals surface area contributed by atoms with Gasteiger partial charge in [-0.05, 0) is 37.4 Å². The molecule has 6 heteroatoms. The minimum absolute atomic E-state index is 0.0577. The molecule has 0 aromatic heterocycles. The SMILES string of the molecule is O=C(C1CCOCC1)N(Cc1cccc(Cl)c1Cl)[C@H]1CCNC1. The number of nitrogens with one attached hydrogen (secondary N) is 1. The smallest absolute Gasteiger partial charge is 0.226 e. The maximum Gasteiger partial charge on any atom is 0.226 e. The van der Waals surface area contributed by atoms with Gasteiger partial charge in [-0.3, -0.25) is 4.79 Å². The quantitative estimate of drug-likeness (QED) is 0.900. The van der Waals surface area contributed by atoms with E-state index in [0.717, 1.165) is 37.9 Å². The molecule has 1 aromatic carbocycles. The molecule has 3 rings (SSSR count). The van der Waals surface area contributed by atoms with Crippen molar-refractivity contribution in [3.63, 3.8) is 0 Å². The average Bonchev–Trinajstić information content (AvgIpc) is 3.11. The summed E-state index contributed by atoms with van der Waals surface area (Å²) < 4.78 is 5.39. The molecule has 126 valence electrons. The molecular weight excluding hydrogens is 335 g/mol. The summed E-state index contributed by atoms with van der Waals surface area (Å²) in [5, 5.41) is 4.43. The molecule has 23 heavy (non-hydrogen) atoms. The highest BCUT2D eigenvalue weighted by Crippen LogP contribution is 2.29. The maximum absolute atomic E-state index is 13.1. The first-order valence-electron chi connectivity index (χ1n) is 8.18. The van der Waals surface area contributed by atoms with Crippen molar-refractivity contribution in [2.24, 2.45) is 5.92 Å². The van der Waals surface area contributed by atoms with Crippen LogP contribution in [0.25, 0.3) is 0 Å². The van der Waals surface area contributed by atoms with Gasteiger partial charge >= 0.3 is 0 Å². The standard InChI is InChI=1S/C17H22Cl2N2O2/c18-15-3-1-2-13(16(15)19)11-21(14-4-7-20-10-14)17(22)12-5-8-23-9-6-12/h1-3,12,14,20H,4-11H2/t14-/m0/s1. The minimum atomic E-state index is 0.0577.